The van der Waals surface area contributed by atoms with Crippen LogP contribution in [0, 0.1) is 11.8 Å². The smallest absolute Gasteiger partial charge is 0.226 e. The first-order chi connectivity index (χ1) is 10.5. The fourth-order valence-corrected chi connectivity index (χ4v) is 3.72. The lowest BCUT2D eigenvalue weighted by molar-refractivity contribution is -0.135. The molecule has 3 nitrogen and oxygen atoms in total. The number of aliphatic hydroxyl groups excluding tert-OH is 1. The molecule has 3 rings (SSSR count). The van der Waals surface area contributed by atoms with Gasteiger partial charge in [0.1, 0.15) is 0 Å². The van der Waals surface area contributed by atoms with Gasteiger partial charge in [0.25, 0.3) is 0 Å². The summed E-state index contributed by atoms with van der Waals surface area (Å²) in [5.74, 6) is 0.750. The Morgan fingerprint density at radius 1 is 1.36 bits per heavy atom. The van der Waals surface area contributed by atoms with Crippen LogP contribution in [0.3, 0.4) is 0 Å². The lowest BCUT2D eigenvalue weighted by Gasteiger charge is -2.34. The van der Waals surface area contributed by atoms with E-state index in [0.29, 0.717) is 16.6 Å². The van der Waals surface area contributed by atoms with Crippen LogP contribution in [0.1, 0.15) is 37.7 Å². The molecule has 0 aromatic heterocycles. The third kappa shape index (κ3) is 3.27. The molecule has 2 fully saturated rings. The van der Waals surface area contributed by atoms with Gasteiger partial charge in [-0.3, -0.25) is 4.79 Å². The van der Waals surface area contributed by atoms with Crippen LogP contribution in [0.4, 0.5) is 0 Å². The summed E-state index contributed by atoms with van der Waals surface area (Å²) >= 11 is 12.0. The molecule has 1 N–H and O–H groups in total. The first kappa shape index (κ1) is 16.1. The number of amides is 1. The summed E-state index contributed by atoms with van der Waals surface area (Å²) < 4.78 is 0. The summed E-state index contributed by atoms with van der Waals surface area (Å²) in [6.07, 6.45) is 2.51. The van der Waals surface area contributed by atoms with Gasteiger partial charge in [0, 0.05) is 24.9 Å². The second-order valence-corrected chi connectivity index (χ2v) is 7.36. The Morgan fingerprint density at radius 2 is 2.14 bits per heavy atom. The van der Waals surface area contributed by atoms with Crippen LogP contribution in [0.2, 0.25) is 10.0 Å². The van der Waals surface area contributed by atoms with Crippen molar-refractivity contribution in [1.82, 2.24) is 4.90 Å². The van der Waals surface area contributed by atoms with Gasteiger partial charge in [0.2, 0.25) is 5.91 Å². The third-order valence-corrected chi connectivity index (χ3v) is 5.67. The molecule has 1 heterocycles. The van der Waals surface area contributed by atoms with Crippen molar-refractivity contribution in [3.8, 4) is 0 Å². The molecule has 1 saturated carbocycles. The highest BCUT2D eigenvalue weighted by Crippen LogP contribution is 2.49. The second kappa shape index (κ2) is 6.38. The highest BCUT2D eigenvalue weighted by molar-refractivity contribution is 6.42. The van der Waals surface area contributed by atoms with Crippen LogP contribution in [0.25, 0.3) is 0 Å². The predicted molar refractivity (Wildman–Crippen MR) is 88.3 cm³/mol. The number of halogens is 2. The SMILES string of the molecule is CC(O)C1CCCN(C(=O)C2CC2c2ccc(Cl)c(Cl)c2)C1. The van der Waals surface area contributed by atoms with Crippen LogP contribution in [-0.4, -0.2) is 35.1 Å². The van der Waals surface area contributed by atoms with E-state index in [4.69, 9.17) is 23.2 Å². The molecule has 0 radical (unpaired) electrons. The summed E-state index contributed by atoms with van der Waals surface area (Å²) in [7, 11) is 0. The number of aliphatic hydroxyl groups is 1. The Bertz CT molecular complexity index is 576. The average molecular weight is 342 g/mol. The van der Waals surface area contributed by atoms with E-state index in [1.165, 1.54) is 0 Å². The number of hydrogen-bond donors (Lipinski definition) is 1. The maximum Gasteiger partial charge on any atom is 0.226 e. The van der Waals surface area contributed by atoms with Crippen molar-refractivity contribution in [3.63, 3.8) is 0 Å². The van der Waals surface area contributed by atoms with Crippen molar-refractivity contribution in [2.45, 2.75) is 38.2 Å². The fourth-order valence-electron chi connectivity index (χ4n) is 3.42. The van der Waals surface area contributed by atoms with Crippen LogP contribution in [0.15, 0.2) is 18.2 Å². The van der Waals surface area contributed by atoms with Gasteiger partial charge >= 0.3 is 0 Å². The normalized spacial score (nSPS) is 29.3. The summed E-state index contributed by atoms with van der Waals surface area (Å²) in [5.41, 5.74) is 1.09. The van der Waals surface area contributed by atoms with Crippen molar-refractivity contribution < 1.29 is 9.90 Å². The topological polar surface area (TPSA) is 40.5 Å². The zero-order valence-electron chi connectivity index (χ0n) is 12.6. The van der Waals surface area contributed by atoms with Crippen LogP contribution in [0.5, 0.6) is 0 Å². The van der Waals surface area contributed by atoms with Gasteiger partial charge in [0.15, 0.2) is 0 Å². The van der Waals surface area contributed by atoms with E-state index in [2.05, 4.69) is 0 Å². The minimum atomic E-state index is -0.347. The molecule has 1 aliphatic carbocycles. The first-order valence-corrected chi connectivity index (χ1v) is 8.64. The number of carbonyl (C=O) groups is 1. The molecular formula is C17H21Cl2NO2. The van der Waals surface area contributed by atoms with Crippen molar-refractivity contribution in [3.05, 3.63) is 33.8 Å². The van der Waals surface area contributed by atoms with Crippen LogP contribution >= 0.6 is 23.2 Å². The van der Waals surface area contributed by atoms with Gasteiger partial charge in [-0.1, -0.05) is 29.3 Å². The minimum Gasteiger partial charge on any atom is -0.393 e. The van der Waals surface area contributed by atoms with E-state index in [9.17, 15) is 9.90 Å². The maximum absolute atomic E-state index is 12.6. The van der Waals surface area contributed by atoms with Gasteiger partial charge in [-0.25, -0.2) is 0 Å². The largest absolute Gasteiger partial charge is 0.393 e. The molecule has 1 amide bonds. The monoisotopic (exact) mass is 341 g/mol. The summed E-state index contributed by atoms with van der Waals surface area (Å²) in [4.78, 5) is 14.6. The highest BCUT2D eigenvalue weighted by Gasteiger charge is 2.46. The van der Waals surface area contributed by atoms with Crippen LogP contribution in [-0.2, 0) is 4.79 Å². The number of carbonyl (C=O) groups excluding carboxylic acids is 1. The molecule has 1 saturated heterocycles. The van der Waals surface area contributed by atoms with E-state index in [0.717, 1.165) is 31.4 Å². The molecule has 4 atom stereocenters. The Kier molecular flexibility index (Phi) is 4.67. The molecule has 22 heavy (non-hydrogen) atoms. The van der Waals surface area contributed by atoms with Gasteiger partial charge < -0.3 is 10.0 Å². The highest BCUT2D eigenvalue weighted by atomic mass is 35.5. The number of nitrogens with zero attached hydrogens (tertiary/aromatic N) is 1. The van der Waals surface area contributed by atoms with E-state index in [1.807, 2.05) is 24.0 Å². The molecular weight excluding hydrogens is 321 g/mol. The van der Waals surface area contributed by atoms with Crippen molar-refractivity contribution >= 4 is 29.1 Å². The standard InChI is InChI=1S/C17H21Cl2NO2/c1-10(21)12-3-2-6-20(9-12)17(22)14-8-13(14)11-4-5-15(18)16(19)7-11/h4-5,7,10,12-14,21H,2-3,6,8-9H2,1H3. The lowest BCUT2D eigenvalue weighted by atomic mass is 9.93. The molecule has 4 unspecified atom stereocenters. The van der Waals surface area contributed by atoms with E-state index < -0.39 is 0 Å². The summed E-state index contributed by atoms with van der Waals surface area (Å²) in [6, 6.07) is 5.63. The van der Waals surface area contributed by atoms with Crippen molar-refractivity contribution in [2.75, 3.05) is 13.1 Å². The Morgan fingerprint density at radius 3 is 2.82 bits per heavy atom. The van der Waals surface area contributed by atoms with E-state index in [1.54, 1.807) is 6.07 Å². The van der Waals surface area contributed by atoms with Crippen molar-refractivity contribution in [1.29, 1.82) is 0 Å². The number of benzene rings is 1. The predicted octanol–water partition coefficient (Wildman–Crippen LogP) is 3.72. The first-order valence-electron chi connectivity index (χ1n) is 7.89. The second-order valence-electron chi connectivity index (χ2n) is 6.55. The van der Waals surface area contributed by atoms with E-state index in [-0.39, 0.29) is 29.8 Å². The van der Waals surface area contributed by atoms with Gasteiger partial charge in [-0.2, -0.15) is 0 Å². The molecule has 0 bridgehead atoms. The van der Waals surface area contributed by atoms with Gasteiger partial charge in [-0.15, -0.1) is 0 Å². The quantitative estimate of drug-likeness (QED) is 0.910. The van der Waals surface area contributed by atoms with Crippen molar-refractivity contribution in [2.24, 2.45) is 11.8 Å². The minimum absolute atomic E-state index is 0.0602. The number of likely N-dealkylation sites (tertiary alicyclic amines) is 1. The summed E-state index contributed by atoms with van der Waals surface area (Å²) in [5, 5.41) is 10.8. The van der Waals surface area contributed by atoms with Gasteiger partial charge in [0.05, 0.1) is 16.1 Å². The Hall–Kier alpha value is -0.770. The molecule has 1 aliphatic heterocycles. The summed E-state index contributed by atoms with van der Waals surface area (Å²) in [6.45, 7) is 3.31. The molecule has 120 valence electrons. The molecule has 5 heteroatoms. The Balaban J connectivity index is 1.63. The lowest BCUT2D eigenvalue weighted by Crippen LogP contribution is -2.43. The molecule has 2 aliphatic rings. The van der Waals surface area contributed by atoms with E-state index >= 15 is 0 Å². The van der Waals surface area contributed by atoms with Crippen LogP contribution < -0.4 is 0 Å². The number of piperidine rings is 1. The third-order valence-electron chi connectivity index (χ3n) is 4.93. The zero-order valence-corrected chi connectivity index (χ0v) is 14.1. The molecule has 0 spiro atoms. The number of rotatable bonds is 3. The molecule has 1 aromatic carbocycles. The fraction of sp³-hybridized carbons (Fsp3) is 0.588. The number of hydrogen-bond acceptors (Lipinski definition) is 2. The zero-order chi connectivity index (χ0) is 15.9. The average Bonchev–Trinajstić information content (AvgIpc) is 3.30. The Labute approximate surface area is 141 Å². The maximum atomic E-state index is 12.6. The van der Waals surface area contributed by atoms with Gasteiger partial charge in [-0.05, 0) is 49.8 Å². The molecule has 1 aromatic rings.